The van der Waals surface area contributed by atoms with E-state index in [9.17, 15) is 4.79 Å². The average Bonchev–Trinajstić information content (AvgIpc) is 2.87. The first-order valence-corrected chi connectivity index (χ1v) is 11.3. The van der Waals surface area contributed by atoms with Gasteiger partial charge in [-0.1, -0.05) is 48.9 Å². The molecular formula is C28H28N4O2. The third-order valence-corrected chi connectivity index (χ3v) is 5.56. The van der Waals surface area contributed by atoms with Crippen LogP contribution in [0.3, 0.4) is 0 Å². The quantitative estimate of drug-likeness (QED) is 0.329. The first-order chi connectivity index (χ1) is 16.6. The molecule has 0 aliphatic heterocycles. The molecule has 0 bridgehead atoms. The highest BCUT2D eigenvalue weighted by atomic mass is 16.5. The zero-order valence-electron chi connectivity index (χ0n) is 19.6. The minimum Gasteiger partial charge on any atom is -0.497 e. The van der Waals surface area contributed by atoms with Gasteiger partial charge in [-0.2, -0.15) is 0 Å². The summed E-state index contributed by atoms with van der Waals surface area (Å²) in [5.74, 6) is 1.33. The number of benzene rings is 3. The van der Waals surface area contributed by atoms with Gasteiger partial charge in [-0.15, -0.1) is 0 Å². The maximum Gasteiger partial charge on any atom is 0.255 e. The lowest BCUT2D eigenvalue weighted by molar-refractivity contribution is 0.102. The maximum absolute atomic E-state index is 12.7. The Morgan fingerprint density at radius 1 is 1.00 bits per heavy atom. The van der Waals surface area contributed by atoms with Crippen molar-refractivity contribution in [1.29, 1.82) is 0 Å². The van der Waals surface area contributed by atoms with Crippen LogP contribution in [0.5, 0.6) is 5.75 Å². The Morgan fingerprint density at radius 2 is 1.82 bits per heavy atom. The Morgan fingerprint density at radius 3 is 2.62 bits per heavy atom. The van der Waals surface area contributed by atoms with Crippen LogP contribution in [0.4, 0.5) is 11.5 Å². The van der Waals surface area contributed by atoms with Gasteiger partial charge in [0.2, 0.25) is 0 Å². The van der Waals surface area contributed by atoms with E-state index in [0.29, 0.717) is 11.4 Å². The fourth-order valence-corrected chi connectivity index (χ4v) is 3.78. The van der Waals surface area contributed by atoms with Crippen molar-refractivity contribution in [1.82, 2.24) is 9.97 Å². The van der Waals surface area contributed by atoms with Crippen LogP contribution < -0.4 is 15.4 Å². The van der Waals surface area contributed by atoms with Crippen molar-refractivity contribution < 1.29 is 9.53 Å². The van der Waals surface area contributed by atoms with Crippen LogP contribution in [0.25, 0.3) is 11.3 Å². The van der Waals surface area contributed by atoms with Crippen molar-refractivity contribution in [3.63, 3.8) is 0 Å². The predicted octanol–water partition coefficient (Wildman–Crippen LogP) is 6.28. The summed E-state index contributed by atoms with van der Waals surface area (Å²) in [6, 6.07) is 23.2. The lowest BCUT2D eigenvalue weighted by Gasteiger charge is -2.19. The predicted molar refractivity (Wildman–Crippen MR) is 136 cm³/mol. The van der Waals surface area contributed by atoms with Crippen molar-refractivity contribution >= 4 is 17.4 Å². The second kappa shape index (κ2) is 10.6. The molecule has 0 saturated carbocycles. The van der Waals surface area contributed by atoms with Gasteiger partial charge in [0.15, 0.2) is 0 Å². The van der Waals surface area contributed by atoms with Gasteiger partial charge in [0.25, 0.3) is 5.91 Å². The van der Waals surface area contributed by atoms with E-state index >= 15 is 0 Å². The van der Waals surface area contributed by atoms with Gasteiger partial charge in [-0.25, -0.2) is 4.98 Å². The number of nitrogens with one attached hydrogen (secondary N) is 2. The first kappa shape index (κ1) is 23.0. The number of rotatable bonds is 8. The van der Waals surface area contributed by atoms with Crippen molar-refractivity contribution in [2.75, 3.05) is 17.7 Å². The van der Waals surface area contributed by atoms with Crippen LogP contribution in [0.2, 0.25) is 0 Å². The van der Waals surface area contributed by atoms with E-state index in [1.165, 1.54) is 0 Å². The number of carbonyl (C=O) groups is 1. The molecule has 0 spiro atoms. The molecule has 0 aliphatic carbocycles. The van der Waals surface area contributed by atoms with Crippen molar-refractivity contribution in [3.8, 4) is 17.0 Å². The van der Waals surface area contributed by atoms with Crippen LogP contribution in [0.1, 0.15) is 40.9 Å². The van der Waals surface area contributed by atoms with E-state index in [-0.39, 0.29) is 11.9 Å². The van der Waals surface area contributed by atoms with Gasteiger partial charge in [-0.05, 0) is 55.3 Å². The number of nitrogens with zero attached hydrogens (tertiary/aromatic N) is 2. The number of anilines is 2. The third-order valence-electron chi connectivity index (χ3n) is 5.56. The summed E-state index contributed by atoms with van der Waals surface area (Å²) in [6.07, 6.45) is 4.29. The van der Waals surface area contributed by atoms with Crippen molar-refractivity contribution in [2.45, 2.75) is 26.3 Å². The number of hydrogen-bond acceptors (Lipinski definition) is 5. The molecule has 0 fully saturated rings. The molecule has 1 amide bonds. The molecule has 0 saturated heterocycles. The molecule has 0 aliphatic rings. The normalized spacial score (nSPS) is 11.5. The van der Waals surface area contributed by atoms with Crippen LogP contribution in [-0.4, -0.2) is 23.0 Å². The summed E-state index contributed by atoms with van der Waals surface area (Å²) in [5, 5.41) is 6.49. The van der Waals surface area contributed by atoms with Crippen LogP contribution in [0, 0.1) is 6.92 Å². The molecule has 0 radical (unpaired) electrons. The summed E-state index contributed by atoms with van der Waals surface area (Å²) in [5.41, 5.74) is 5.19. The van der Waals surface area contributed by atoms with Crippen LogP contribution >= 0.6 is 0 Å². The Bertz CT molecular complexity index is 1290. The lowest BCUT2D eigenvalue weighted by Crippen LogP contribution is -2.14. The number of aromatic nitrogens is 2. The first-order valence-electron chi connectivity index (χ1n) is 11.3. The zero-order valence-corrected chi connectivity index (χ0v) is 19.6. The minimum absolute atomic E-state index is 0.00526. The molecule has 1 heterocycles. The average molecular weight is 453 g/mol. The zero-order chi connectivity index (χ0) is 23.9. The Balaban J connectivity index is 1.51. The Hall–Kier alpha value is -4.19. The monoisotopic (exact) mass is 452 g/mol. The van der Waals surface area contributed by atoms with Crippen molar-refractivity contribution in [2.24, 2.45) is 0 Å². The molecule has 1 aromatic heterocycles. The third kappa shape index (κ3) is 5.59. The SMILES string of the molecule is CC[C@H](Nc1cncc(-c2cccc(OC)c2)n1)c1cccc(NC(=O)c2cccc(C)c2)c1. The maximum atomic E-state index is 12.7. The van der Waals surface area contributed by atoms with Gasteiger partial charge < -0.3 is 15.4 Å². The van der Waals surface area contributed by atoms with E-state index in [1.807, 2.05) is 79.7 Å². The molecule has 34 heavy (non-hydrogen) atoms. The number of methoxy groups -OCH3 is 1. The van der Waals surface area contributed by atoms with Gasteiger partial charge in [-0.3, -0.25) is 9.78 Å². The largest absolute Gasteiger partial charge is 0.497 e. The van der Waals surface area contributed by atoms with E-state index in [1.54, 1.807) is 19.5 Å². The number of carbonyl (C=O) groups excluding carboxylic acids is 1. The fourth-order valence-electron chi connectivity index (χ4n) is 3.78. The Labute approximate surface area is 200 Å². The highest BCUT2D eigenvalue weighted by molar-refractivity contribution is 6.04. The number of hydrogen-bond donors (Lipinski definition) is 2. The molecule has 172 valence electrons. The fraction of sp³-hybridized carbons (Fsp3) is 0.179. The van der Waals surface area contributed by atoms with Gasteiger partial charge in [0, 0.05) is 16.8 Å². The minimum atomic E-state index is -0.126. The highest BCUT2D eigenvalue weighted by Crippen LogP contribution is 2.26. The molecule has 3 aromatic carbocycles. The smallest absolute Gasteiger partial charge is 0.255 e. The summed E-state index contributed by atoms with van der Waals surface area (Å²) in [4.78, 5) is 21.8. The van der Waals surface area contributed by atoms with E-state index in [2.05, 4.69) is 22.5 Å². The molecule has 0 unspecified atom stereocenters. The van der Waals surface area contributed by atoms with Gasteiger partial charge >= 0.3 is 0 Å². The van der Waals surface area contributed by atoms with Crippen LogP contribution in [-0.2, 0) is 0 Å². The van der Waals surface area contributed by atoms with Gasteiger partial charge in [0.1, 0.15) is 11.6 Å². The number of amides is 1. The Kier molecular flexibility index (Phi) is 7.18. The number of aryl methyl sites for hydroxylation is 1. The highest BCUT2D eigenvalue weighted by Gasteiger charge is 2.13. The molecule has 1 atom stereocenters. The molecule has 4 aromatic rings. The molecule has 2 N–H and O–H groups in total. The van der Waals surface area contributed by atoms with Crippen LogP contribution in [0.15, 0.2) is 85.2 Å². The van der Waals surface area contributed by atoms with E-state index in [0.717, 1.165) is 40.2 Å². The summed E-state index contributed by atoms with van der Waals surface area (Å²) in [6.45, 7) is 4.08. The van der Waals surface area contributed by atoms with E-state index < -0.39 is 0 Å². The second-order valence-corrected chi connectivity index (χ2v) is 8.08. The standard InChI is InChI=1S/C28H28N4O2/c1-4-25(31-27-18-29-17-26(32-27)21-10-7-13-24(16-21)34-3)20-9-6-12-23(15-20)30-28(33)22-11-5-8-19(2)14-22/h5-18,25H,4H2,1-3H3,(H,30,33)(H,31,32)/t25-/m0/s1. The summed E-state index contributed by atoms with van der Waals surface area (Å²) >= 11 is 0. The molecule has 6 heteroatoms. The summed E-state index contributed by atoms with van der Waals surface area (Å²) < 4.78 is 5.33. The lowest BCUT2D eigenvalue weighted by atomic mass is 10.0. The molecule has 4 rings (SSSR count). The topological polar surface area (TPSA) is 76.1 Å². The number of ether oxygens (including phenoxy) is 1. The summed E-state index contributed by atoms with van der Waals surface area (Å²) in [7, 11) is 1.64. The molecule has 6 nitrogen and oxygen atoms in total. The molecular weight excluding hydrogens is 424 g/mol. The van der Waals surface area contributed by atoms with Gasteiger partial charge in [0.05, 0.1) is 31.2 Å². The van der Waals surface area contributed by atoms with Crippen molar-refractivity contribution in [3.05, 3.63) is 102 Å². The van der Waals surface area contributed by atoms with E-state index in [4.69, 9.17) is 9.72 Å². The second-order valence-electron chi connectivity index (χ2n) is 8.08.